The number of ether oxygens (including phenoxy) is 2. The van der Waals surface area contributed by atoms with Crippen LogP contribution >= 0.6 is 0 Å². The Balaban J connectivity index is 1.94. The maximum Gasteiger partial charge on any atom is 0.336 e. The van der Waals surface area contributed by atoms with Gasteiger partial charge in [0.1, 0.15) is 6.61 Å². The molecule has 5 heteroatoms. The van der Waals surface area contributed by atoms with E-state index >= 15 is 0 Å². The normalized spacial score (nSPS) is 10.9. The summed E-state index contributed by atoms with van der Waals surface area (Å²) in [5.41, 5.74) is 2.32. The van der Waals surface area contributed by atoms with Gasteiger partial charge >= 0.3 is 5.97 Å². The Morgan fingerprint density at radius 1 is 1.15 bits per heavy atom. The number of rotatable bonds is 7. The summed E-state index contributed by atoms with van der Waals surface area (Å²) in [7, 11) is 1.58. The van der Waals surface area contributed by atoms with Crippen molar-refractivity contribution in [2.45, 2.75) is 0 Å². The van der Waals surface area contributed by atoms with Crippen molar-refractivity contribution in [1.29, 1.82) is 0 Å². The number of hydrogen-bond donors (Lipinski definition) is 1. The molecule has 1 aromatic heterocycles. The van der Waals surface area contributed by atoms with E-state index in [-0.39, 0.29) is 5.56 Å². The van der Waals surface area contributed by atoms with Crippen molar-refractivity contribution >= 4 is 29.0 Å². The smallest absolute Gasteiger partial charge is 0.336 e. The molecule has 0 spiro atoms. The second-order valence-electron chi connectivity index (χ2n) is 5.76. The molecule has 0 aliphatic rings. The van der Waals surface area contributed by atoms with Gasteiger partial charge in [0.25, 0.3) is 0 Å². The first-order valence-electron chi connectivity index (χ1n) is 8.35. The molecule has 1 heterocycles. The van der Waals surface area contributed by atoms with E-state index in [2.05, 4.69) is 11.6 Å². The number of aromatic nitrogens is 1. The molecule has 5 nitrogen and oxygen atoms in total. The summed E-state index contributed by atoms with van der Waals surface area (Å²) in [6.07, 6.45) is 5.29. The molecule has 3 aromatic rings. The fourth-order valence-electron chi connectivity index (χ4n) is 2.70. The summed E-state index contributed by atoms with van der Waals surface area (Å²) in [6.45, 7) is 4.02. The minimum absolute atomic E-state index is 0.228. The SMILES string of the molecule is C=CCOc1ccc(/C=C/c2cc(C(=O)O)c3ccccc3n2)cc1OC. The van der Waals surface area contributed by atoms with Crippen LogP contribution in [0.5, 0.6) is 11.5 Å². The Labute approximate surface area is 157 Å². The van der Waals surface area contributed by atoms with Crippen molar-refractivity contribution in [1.82, 2.24) is 4.98 Å². The highest BCUT2D eigenvalue weighted by molar-refractivity contribution is 6.03. The molecule has 0 saturated heterocycles. The molecular weight excluding hydrogens is 342 g/mol. The Bertz CT molecular complexity index is 1020. The number of fused-ring (bicyclic) bond motifs is 1. The largest absolute Gasteiger partial charge is 0.493 e. The van der Waals surface area contributed by atoms with Gasteiger partial charge in [-0.3, -0.25) is 0 Å². The third kappa shape index (κ3) is 4.15. The number of benzene rings is 2. The highest BCUT2D eigenvalue weighted by Gasteiger charge is 2.10. The van der Waals surface area contributed by atoms with Gasteiger partial charge in [-0.2, -0.15) is 0 Å². The number of aromatic carboxylic acids is 1. The second kappa shape index (κ2) is 8.19. The van der Waals surface area contributed by atoms with Crippen LogP contribution in [0.15, 0.2) is 61.2 Å². The van der Waals surface area contributed by atoms with Crippen LogP contribution in [0.1, 0.15) is 21.6 Å². The van der Waals surface area contributed by atoms with E-state index in [0.717, 1.165) is 5.56 Å². The van der Waals surface area contributed by atoms with Gasteiger partial charge in [-0.1, -0.05) is 43.0 Å². The number of nitrogens with zero attached hydrogens (tertiary/aromatic N) is 1. The highest BCUT2D eigenvalue weighted by atomic mass is 16.5. The van der Waals surface area contributed by atoms with Crippen LogP contribution in [0.25, 0.3) is 23.1 Å². The van der Waals surface area contributed by atoms with E-state index in [9.17, 15) is 9.90 Å². The van der Waals surface area contributed by atoms with Crippen molar-refractivity contribution in [3.63, 3.8) is 0 Å². The molecule has 0 fully saturated rings. The maximum atomic E-state index is 11.6. The standard InChI is InChI=1S/C22H19NO4/c1-3-12-27-20-11-9-15(13-21(20)26-2)8-10-16-14-18(22(24)25)17-6-4-5-7-19(17)23-16/h3-11,13-14H,1,12H2,2H3,(H,24,25)/b10-8+. The van der Waals surface area contributed by atoms with Gasteiger partial charge in [0.05, 0.1) is 23.9 Å². The molecule has 0 saturated carbocycles. The van der Waals surface area contributed by atoms with E-state index < -0.39 is 5.97 Å². The Hall–Kier alpha value is -3.60. The van der Waals surface area contributed by atoms with Crippen molar-refractivity contribution in [2.75, 3.05) is 13.7 Å². The van der Waals surface area contributed by atoms with Crippen molar-refractivity contribution in [2.24, 2.45) is 0 Å². The predicted octanol–water partition coefficient (Wildman–Crippen LogP) is 4.68. The van der Waals surface area contributed by atoms with Crippen LogP contribution in [0.3, 0.4) is 0 Å². The fourth-order valence-corrected chi connectivity index (χ4v) is 2.70. The van der Waals surface area contributed by atoms with Gasteiger partial charge in [0.2, 0.25) is 0 Å². The zero-order valence-corrected chi connectivity index (χ0v) is 14.9. The van der Waals surface area contributed by atoms with Gasteiger partial charge in [-0.25, -0.2) is 9.78 Å². The van der Waals surface area contributed by atoms with E-state index in [4.69, 9.17) is 9.47 Å². The number of hydrogen-bond acceptors (Lipinski definition) is 4. The molecule has 0 aliphatic heterocycles. The first kappa shape index (κ1) is 18.2. The number of carbonyl (C=O) groups is 1. The van der Waals surface area contributed by atoms with Crippen molar-refractivity contribution in [3.8, 4) is 11.5 Å². The number of para-hydroxylation sites is 1. The Morgan fingerprint density at radius 3 is 2.70 bits per heavy atom. The molecule has 0 radical (unpaired) electrons. The number of carboxylic acids is 1. The summed E-state index contributed by atoms with van der Waals surface area (Å²) in [5, 5.41) is 10.1. The lowest BCUT2D eigenvalue weighted by Gasteiger charge is -2.09. The van der Waals surface area contributed by atoms with Crippen LogP contribution in [0, 0.1) is 0 Å². The molecule has 0 atom stereocenters. The third-order valence-electron chi connectivity index (χ3n) is 3.96. The van der Waals surface area contributed by atoms with Crippen molar-refractivity contribution in [3.05, 3.63) is 78.0 Å². The van der Waals surface area contributed by atoms with Crippen LogP contribution in [-0.4, -0.2) is 29.8 Å². The Kier molecular flexibility index (Phi) is 5.52. The van der Waals surface area contributed by atoms with Crippen LogP contribution in [0.2, 0.25) is 0 Å². The van der Waals surface area contributed by atoms with E-state index in [1.807, 2.05) is 30.3 Å². The minimum atomic E-state index is -0.978. The first-order valence-corrected chi connectivity index (χ1v) is 8.35. The summed E-state index contributed by atoms with van der Waals surface area (Å²) in [6, 6.07) is 14.3. The van der Waals surface area contributed by atoms with Crippen LogP contribution in [0.4, 0.5) is 0 Å². The summed E-state index contributed by atoms with van der Waals surface area (Å²) < 4.78 is 10.9. The second-order valence-corrected chi connectivity index (χ2v) is 5.76. The first-order chi connectivity index (χ1) is 13.1. The number of methoxy groups -OCH3 is 1. The minimum Gasteiger partial charge on any atom is -0.493 e. The van der Waals surface area contributed by atoms with Gasteiger partial charge < -0.3 is 14.6 Å². The lowest BCUT2D eigenvalue weighted by Crippen LogP contribution is -2.00. The Morgan fingerprint density at radius 2 is 1.96 bits per heavy atom. The summed E-state index contributed by atoms with van der Waals surface area (Å²) in [4.78, 5) is 16.1. The van der Waals surface area contributed by atoms with E-state index in [0.29, 0.717) is 34.7 Å². The van der Waals surface area contributed by atoms with Crippen LogP contribution in [-0.2, 0) is 0 Å². The van der Waals surface area contributed by atoms with Gasteiger partial charge in [0, 0.05) is 5.39 Å². The molecule has 0 aliphatic carbocycles. The maximum absolute atomic E-state index is 11.6. The molecule has 3 rings (SSSR count). The lowest BCUT2D eigenvalue weighted by atomic mass is 10.1. The average molecular weight is 361 g/mol. The fraction of sp³-hybridized carbons (Fsp3) is 0.0909. The summed E-state index contributed by atoms with van der Waals surface area (Å²) >= 11 is 0. The van der Waals surface area contributed by atoms with E-state index in [1.54, 1.807) is 43.5 Å². The predicted molar refractivity (Wildman–Crippen MR) is 106 cm³/mol. The van der Waals surface area contributed by atoms with Crippen LogP contribution < -0.4 is 9.47 Å². The third-order valence-corrected chi connectivity index (χ3v) is 3.96. The quantitative estimate of drug-likeness (QED) is 0.619. The molecule has 0 bridgehead atoms. The molecule has 2 aromatic carbocycles. The molecule has 27 heavy (non-hydrogen) atoms. The average Bonchev–Trinajstić information content (AvgIpc) is 2.70. The zero-order chi connectivity index (χ0) is 19.2. The topological polar surface area (TPSA) is 68.7 Å². The molecule has 0 amide bonds. The molecule has 1 N–H and O–H groups in total. The summed E-state index contributed by atoms with van der Waals surface area (Å²) in [5.74, 6) is 0.261. The van der Waals surface area contributed by atoms with Gasteiger partial charge in [0.15, 0.2) is 11.5 Å². The molecule has 136 valence electrons. The van der Waals surface area contributed by atoms with E-state index in [1.165, 1.54) is 0 Å². The molecular formula is C22H19NO4. The monoisotopic (exact) mass is 361 g/mol. The zero-order valence-electron chi connectivity index (χ0n) is 14.9. The number of carboxylic acid groups (broad SMARTS) is 1. The molecule has 0 unspecified atom stereocenters. The highest BCUT2D eigenvalue weighted by Crippen LogP contribution is 2.29. The lowest BCUT2D eigenvalue weighted by molar-refractivity contribution is 0.0699. The van der Waals surface area contributed by atoms with Gasteiger partial charge in [-0.15, -0.1) is 0 Å². The van der Waals surface area contributed by atoms with Gasteiger partial charge in [-0.05, 0) is 35.9 Å². The van der Waals surface area contributed by atoms with Crippen molar-refractivity contribution < 1.29 is 19.4 Å². The number of pyridine rings is 1.